The predicted octanol–water partition coefficient (Wildman–Crippen LogP) is 3.03. The van der Waals surface area contributed by atoms with E-state index in [2.05, 4.69) is 20.4 Å². The third kappa shape index (κ3) is 4.80. The Bertz CT molecular complexity index is 1110. The quantitative estimate of drug-likeness (QED) is 0.692. The van der Waals surface area contributed by atoms with Gasteiger partial charge >= 0.3 is 0 Å². The average molecular weight is 477 g/mol. The summed E-state index contributed by atoms with van der Waals surface area (Å²) < 4.78 is 52.0. The highest BCUT2D eigenvalue weighted by molar-refractivity contribution is 7.91. The minimum atomic E-state index is -2.90. The number of hydrogen-bond acceptors (Lipinski definition) is 6. The van der Waals surface area contributed by atoms with E-state index in [-0.39, 0.29) is 29.2 Å². The van der Waals surface area contributed by atoms with Gasteiger partial charge in [-0.05, 0) is 49.6 Å². The number of anilines is 3. The van der Waals surface area contributed by atoms with E-state index in [1.54, 1.807) is 12.1 Å². The first-order valence-electron chi connectivity index (χ1n) is 11.6. The van der Waals surface area contributed by atoms with Crippen molar-refractivity contribution in [3.63, 3.8) is 0 Å². The van der Waals surface area contributed by atoms with Crippen LogP contribution in [-0.2, 0) is 16.3 Å². The molecule has 2 aromatic rings. The molecule has 0 aromatic heterocycles. The van der Waals surface area contributed by atoms with Gasteiger partial charge in [0.1, 0.15) is 11.6 Å². The summed E-state index contributed by atoms with van der Waals surface area (Å²) in [6.07, 6.45) is 1.53. The lowest BCUT2D eigenvalue weighted by atomic mass is 10.1. The molecule has 0 spiro atoms. The molecule has 5 rings (SSSR count). The van der Waals surface area contributed by atoms with Gasteiger partial charge in [-0.3, -0.25) is 4.90 Å². The van der Waals surface area contributed by atoms with Crippen molar-refractivity contribution in [2.45, 2.75) is 31.8 Å². The predicted molar refractivity (Wildman–Crippen MR) is 128 cm³/mol. The van der Waals surface area contributed by atoms with Crippen LogP contribution in [0.2, 0.25) is 0 Å². The highest BCUT2D eigenvalue weighted by Gasteiger charge is 2.32. The normalized spacial score (nSPS) is 24.5. The van der Waals surface area contributed by atoms with E-state index in [0.717, 1.165) is 42.0 Å². The fourth-order valence-corrected chi connectivity index (χ4v) is 6.46. The van der Waals surface area contributed by atoms with Crippen LogP contribution in [0.1, 0.15) is 17.5 Å². The molecule has 0 saturated carbocycles. The molecule has 0 aliphatic carbocycles. The van der Waals surface area contributed by atoms with Crippen LogP contribution < -0.4 is 15.5 Å². The minimum absolute atomic E-state index is 0.0360. The molecule has 0 bridgehead atoms. The summed E-state index contributed by atoms with van der Waals surface area (Å²) in [7, 11) is -2.90. The fourth-order valence-electron chi connectivity index (χ4n) is 5.23. The molecule has 2 aromatic carbocycles. The standard InChI is InChI=1S/C24H30F2N4O2S/c1-16-2-3-23(26)22-13-19(28-24(16)22)14-27-18-10-17(25)11-21(12-18)30-5-4-20(15-30)29-6-8-33(31,32)9-7-29/h2-3,10-12,19-20,27-28H,4-9,13-15H2,1H3/t19?,20-/m0/s1. The Hall–Kier alpha value is -2.39. The summed E-state index contributed by atoms with van der Waals surface area (Å²) >= 11 is 0. The molecule has 3 aliphatic heterocycles. The second-order valence-corrected chi connectivity index (χ2v) is 11.7. The van der Waals surface area contributed by atoms with Gasteiger partial charge in [-0.1, -0.05) is 6.07 Å². The van der Waals surface area contributed by atoms with Gasteiger partial charge < -0.3 is 15.5 Å². The fraction of sp³-hybridized carbons (Fsp3) is 0.500. The maximum absolute atomic E-state index is 14.4. The molecular weight excluding hydrogens is 446 g/mol. The first-order valence-corrected chi connectivity index (χ1v) is 13.4. The van der Waals surface area contributed by atoms with Crippen molar-refractivity contribution in [2.75, 3.05) is 59.8 Å². The van der Waals surface area contributed by atoms with Crippen LogP contribution in [0.3, 0.4) is 0 Å². The van der Waals surface area contributed by atoms with Crippen molar-refractivity contribution >= 4 is 26.9 Å². The number of hydrogen-bond donors (Lipinski definition) is 2. The minimum Gasteiger partial charge on any atom is -0.383 e. The van der Waals surface area contributed by atoms with Crippen molar-refractivity contribution in [1.29, 1.82) is 0 Å². The second-order valence-electron chi connectivity index (χ2n) is 9.42. The molecule has 2 saturated heterocycles. The summed E-state index contributed by atoms with van der Waals surface area (Å²) in [6.45, 7) is 5.25. The van der Waals surface area contributed by atoms with E-state index < -0.39 is 9.84 Å². The third-order valence-corrected chi connectivity index (χ3v) is 8.73. The Morgan fingerprint density at radius 1 is 1.12 bits per heavy atom. The van der Waals surface area contributed by atoms with Crippen LogP contribution in [0.25, 0.3) is 0 Å². The van der Waals surface area contributed by atoms with E-state index in [0.29, 0.717) is 37.8 Å². The number of fused-ring (bicyclic) bond motifs is 1. The number of rotatable bonds is 5. The summed E-state index contributed by atoms with van der Waals surface area (Å²) in [5.41, 5.74) is 4.14. The van der Waals surface area contributed by atoms with Crippen molar-refractivity contribution in [2.24, 2.45) is 0 Å². The van der Waals surface area contributed by atoms with E-state index in [1.165, 1.54) is 12.1 Å². The zero-order valence-corrected chi connectivity index (χ0v) is 19.6. The lowest BCUT2D eigenvalue weighted by Crippen LogP contribution is -2.47. The van der Waals surface area contributed by atoms with Crippen LogP contribution >= 0.6 is 0 Å². The lowest BCUT2D eigenvalue weighted by molar-refractivity contribution is 0.227. The van der Waals surface area contributed by atoms with E-state index in [9.17, 15) is 17.2 Å². The molecule has 9 heteroatoms. The highest BCUT2D eigenvalue weighted by Crippen LogP contribution is 2.32. The molecule has 33 heavy (non-hydrogen) atoms. The molecule has 0 amide bonds. The third-order valence-electron chi connectivity index (χ3n) is 7.12. The molecule has 2 N–H and O–H groups in total. The smallest absolute Gasteiger partial charge is 0.152 e. The first kappa shape index (κ1) is 22.4. The maximum atomic E-state index is 14.4. The van der Waals surface area contributed by atoms with Crippen LogP contribution in [-0.4, -0.2) is 69.6 Å². The number of sulfone groups is 1. The van der Waals surface area contributed by atoms with Crippen LogP contribution in [0.15, 0.2) is 30.3 Å². The molecular formula is C24H30F2N4O2S. The van der Waals surface area contributed by atoms with Gasteiger partial charge in [-0.15, -0.1) is 0 Å². The van der Waals surface area contributed by atoms with E-state index >= 15 is 0 Å². The molecule has 6 nitrogen and oxygen atoms in total. The number of nitrogens with one attached hydrogen (secondary N) is 2. The molecule has 178 valence electrons. The summed E-state index contributed by atoms with van der Waals surface area (Å²) in [6, 6.07) is 8.61. The Kier molecular flexibility index (Phi) is 5.95. The van der Waals surface area contributed by atoms with Crippen molar-refractivity contribution < 1.29 is 17.2 Å². The number of benzene rings is 2. The van der Waals surface area contributed by atoms with Gasteiger partial charge in [0.2, 0.25) is 0 Å². The van der Waals surface area contributed by atoms with E-state index in [4.69, 9.17) is 0 Å². The Morgan fingerprint density at radius 2 is 1.91 bits per heavy atom. The second kappa shape index (κ2) is 8.76. The van der Waals surface area contributed by atoms with Gasteiger partial charge in [0, 0.05) is 67.4 Å². The number of aryl methyl sites for hydroxylation is 1. The first-order chi connectivity index (χ1) is 15.8. The summed E-state index contributed by atoms with van der Waals surface area (Å²) in [5, 5.41) is 6.71. The van der Waals surface area contributed by atoms with E-state index in [1.807, 2.05) is 13.0 Å². The zero-order chi connectivity index (χ0) is 23.2. The van der Waals surface area contributed by atoms with Crippen molar-refractivity contribution in [3.8, 4) is 0 Å². The van der Waals surface area contributed by atoms with Gasteiger partial charge in [0.15, 0.2) is 9.84 Å². The van der Waals surface area contributed by atoms with Crippen LogP contribution in [0.5, 0.6) is 0 Å². The molecule has 1 unspecified atom stereocenters. The van der Waals surface area contributed by atoms with Crippen LogP contribution in [0, 0.1) is 18.6 Å². The topological polar surface area (TPSA) is 64.7 Å². The Labute approximate surface area is 193 Å². The highest BCUT2D eigenvalue weighted by atomic mass is 32.2. The van der Waals surface area contributed by atoms with Crippen LogP contribution in [0.4, 0.5) is 25.8 Å². The largest absolute Gasteiger partial charge is 0.383 e. The molecule has 3 aliphatic rings. The average Bonchev–Trinajstić information content (AvgIpc) is 3.43. The summed E-state index contributed by atoms with van der Waals surface area (Å²) in [4.78, 5) is 4.43. The van der Waals surface area contributed by atoms with Gasteiger partial charge in [0.05, 0.1) is 11.5 Å². The molecule has 2 atom stereocenters. The van der Waals surface area contributed by atoms with Crippen molar-refractivity contribution in [1.82, 2.24) is 4.90 Å². The SMILES string of the molecule is Cc1ccc(F)c2c1NC(CNc1cc(F)cc(N3CC[C@H](N4CCS(=O)(=O)CC4)C3)c1)C2. The Morgan fingerprint density at radius 3 is 2.67 bits per heavy atom. The number of nitrogens with zero attached hydrogens (tertiary/aromatic N) is 2. The molecule has 0 radical (unpaired) electrons. The lowest BCUT2D eigenvalue weighted by Gasteiger charge is -2.32. The number of halogens is 2. The monoisotopic (exact) mass is 476 g/mol. The summed E-state index contributed by atoms with van der Waals surface area (Å²) in [5.74, 6) is -0.0411. The zero-order valence-electron chi connectivity index (χ0n) is 18.8. The van der Waals surface area contributed by atoms with Gasteiger partial charge in [0.25, 0.3) is 0 Å². The Balaban J connectivity index is 1.21. The maximum Gasteiger partial charge on any atom is 0.152 e. The molecule has 2 fully saturated rings. The van der Waals surface area contributed by atoms with Crippen molar-refractivity contribution in [3.05, 3.63) is 53.1 Å². The van der Waals surface area contributed by atoms with Gasteiger partial charge in [-0.25, -0.2) is 17.2 Å². The molecule has 3 heterocycles. The van der Waals surface area contributed by atoms with Gasteiger partial charge in [-0.2, -0.15) is 0 Å².